The molecule has 0 rings (SSSR count). The summed E-state index contributed by atoms with van der Waals surface area (Å²) in [6.45, 7) is 6.97. The van der Waals surface area contributed by atoms with Crippen LogP contribution in [0.15, 0.2) is 0 Å². The van der Waals surface area contributed by atoms with Gasteiger partial charge in [0, 0.05) is 0 Å². The van der Waals surface area contributed by atoms with Crippen molar-refractivity contribution in [2.75, 3.05) is 0 Å². The molecule has 0 aromatic carbocycles. The van der Waals surface area contributed by atoms with Crippen LogP contribution in [0.25, 0.3) is 0 Å². The van der Waals surface area contributed by atoms with E-state index in [-0.39, 0.29) is 12.4 Å². The topological polar surface area (TPSA) is 0 Å². The molecule has 0 aliphatic carbocycles. The van der Waals surface area contributed by atoms with Gasteiger partial charge in [0.1, 0.15) is 0 Å². The van der Waals surface area contributed by atoms with Crippen LogP contribution in [0.1, 0.15) is 136 Å². The predicted octanol–water partition coefficient (Wildman–Crippen LogP) is 6.57. The van der Waals surface area contributed by atoms with Gasteiger partial charge in [0.25, 0.3) is 0 Å². The standard InChI is InChI=1S/C24H51Ge.ClH/c1-4-7-10-13-16-19-22-25(23-20-17-14-11-8-5-2)24-21-18-15-12-9-6-3;/h4-24H2,1-3H3;1H/q+1;/p-1. The van der Waals surface area contributed by atoms with Crippen LogP contribution in [0.2, 0.25) is 15.8 Å². The third-order valence-electron chi connectivity index (χ3n) is 5.65. The van der Waals surface area contributed by atoms with Crippen molar-refractivity contribution in [3.8, 4) is 0 Å². The number of unbranched alkanes of at least 4 members (excludes halogenated alkanes) is 15. The van der Waals surface area contributed by atoms with Gasteiger partial charge < -0.3 is 12.4 Å². The van der Waals surface area contributed by atoms with Crippen molar-refractivity contribution < 1.29 is 12.4 Å². The minimum Gasteiger partial charge on any atom is -1.00 e. The quantitative estimate of drug-likeness (QED) is 0.138. The number of rotatable bonds is 21. The van der Waals surface area contributed by atoms with Crippen LogP contribution in [0.3, 0.4) is 0 Å². The van der Waals surface area contributed by atoms with Crippen molar-refractivity contribution in [1.29, 1.82) is 0 Å². The molecule has 0 bridgehead atoms. The fraction of sp³-hybridized carbons (Fsp3) is 1.00. The Bertz CT molecular complexity index is 194. The third kappa shape index (κ3) is 22.9. The molecule has 158 valence electrons. The molecule has 0 nitrogen and oxygen atoms in total. The first kappa shape index (κ1) is 29.0. The molecule has 0 aromatic heterocycles. The summed E-state index contributed by atoms with van der Waals surface area (Å²) in [5, 5.41) is 5.07. The zero-order valence-corrected chi connectivity index (χ0v) is 21.6. The molecule has 26 heavy (non-hydrogen) atoms. The smallest absolute Gasteiger partial charge is 1.00 e. The number of halogens is 1. The Hall–Kier alpha value is 0.833. The molecule has 0 N–H and O–H groups in total. The molecule has 0 radical (unpaired) electrons. The molecule has 0 spiro atoms. The molecule has 0 unspecified atom stereocenters. The van der Waals surface area contributed by atoms with Gasteiger partial charge in [0.2, 0.25) is 0 Å². The van der Waals surface area contributed by atoms with Gasteiger partial charge in [-0.25, -0.2) is 0 Å². The van der Waals surface area contributed by atoms with E-state index in [9.17, 15) is 0 Å². The van der Waals surface area contributed by atoms with Gasteiger partial charge in [-0.2, -0.15) is 0 Å². The zero-order valence-electron chi connectivity index (χ0n) is 18.7. The second kappa shape index (κ2) is 25.8. The van der Waals surface area contributed by atoms with Crippen molar-refractivity contribution in [2.24, 2.45) is 0 Å². The maximum absolute atomic E-state index is 2.32. The van der Waals surface area contributed by atoms with E-state index < -0.39 is 14.3 Å². The van der Waals surface area contributed by atoms with E-state index in [1.54, 1.807) is 35.0 Å². The summed E-state index contributed by atoms with van der Waals surface area (Å²) < 4.78 is 0. The molecule has 0 heterocycles. The third-order valence-corrected chi connectivity index (χ3v) is 12.3. The first-order valence-corrected chi connectivity index (χ1v) is 16.6. The first-order chi connectivity index (χ1) is 12.3. The first-order valence-electron chi connectivity index (χ1n) is 12.2. The van der Waals surface area contributed by atoms with Gasteiger partial charge >= 0.3 is 166 Å². The monoisotopic (exact) mass is 448 g/mol. The molecule has 0 saturated carbocycles. The predicted molar refractivity (Wildman–Crippen MR) is 120 cm³/mol. The minimum atomic E-state index is -0.701. The van der Waals surface area contributed by atoms with Crippen molar-refractivity contribution in [1.82, 2.24) is 0 Å². The van der Waals surface area contributed by atoms with Gasteiger partial charge in [0.05, 0.1) is 0 Å². The molecule has 0 amide bonds. The summed E-state index contributed by atoms with van der Waals surface area (Å²) in [7, 11) is 0. The molecule has 0 aliphatic heterocycles. The van der Waals surface area contributed by atoms with E-state index in [1.165, 1.54) is 96.3 Å². The van der Waals surface area contributed by atoms with E-state index >= 15 is 0 Å². The summed E-state index contributed by atoms with van der Waals surface area (Å²) in [6.07, 6.45) is 26.8. The van der Waals surface area contributed by atoms with Crippen molar-refractivity contribution in [2.45, 2.75) is 152 Å². The van der Waals surface area contributed by atoms with E-state index in [1.807, 2.05) is 0 Å². The van der Waals surface area contributed by atoms with Crippen LogP contribution < -0.4 is 12.4 Å². The van der Waals surface area contributed by atoms with Gasteiger partial charge in [-0.05, 0) is 0 Å². The number of hydrogen-bond donors (Lipinski definition) is 0. The van der Waals surface area contributed by atoms with Crippen molar-refractivity contribution in [3.63, 3.8) is 0 Å². The van der Waals surface area contributed by atoms with Gasteiger partial charge in [-0.1, -0.05) is 0 Å². The van der Waals surface area contributed by atoms with Gasteiger partial charge in [-0.3, -0.25) is 0 Å². The average Bonchev–Trinajstić information content (AvgIpc) is 2.63. The molecular formula is C24H51ClGe. The molecular weight excluding hydrogens is 396 g/mol. The molecule has 0 atom stereocenters. The Morgan fingerprint density at radius 2 is 0.577 bits per heavy atom. The van der Waals surface area contributed by atoms with Crippen LogP contribution in [-0.4, -0.2) is 14.3 Å². The Morgan fingerprint density at radius 3 is 0.846 bits per heavy atom. The Balaban J connectivity index is 0. The van der Waals surface area contributed by atoms with Crippen molar-refractivity contribution in [3.05, 3.63) is 0 Å². The molecule has 0 aromatic rings. The maximum atomic E-state index is 2.32. The van der Waals surface area contributed by atoms with E-state index in [2.05, 4.69) is 20.8 Å². The summed E-state index contributed by atoms with van der Waals surface area (Å²) in [5.41, 5.74) is 0. The van der Waals surface area contributed by atoms with Crippen LogP contribution >= 0.6 is 0 Å². The Kier molecular flexibility index (Phi) is 28.9. The van der Waals surface area contributed by atoms with Crippen molar-refractivity contribution >= 4 is 14.3 Å². The van der Waals surface area contributed by atoms with E-state index in [0.29, 0.717) is 0 Å². The van der Waals surface area contributed by atoms with Crippen LogP contribution in [0.4, 0.5) is 0 Å². The van der Waals surface area contributed by atoms with Gasteiger partial charge in [-0.15, -0.1) is 0 Å². The van der Waals surface area contributed by atoms with E-state index in [4.69, 9.17) is 0 Å². The maximum Gasteiger partial charge on any atom is -1.00 e. The largest absolute Gasteiger partial charge is 1.00 e. The van der Waals surface area contributed by atoms with E-state index in [0.717, 1.165) is 0 Å². The van der Waals surface area contributed by atoms with Crippen LogP contribution in [-0.2, 0) is 0 Å². The molecule has 0 fully saturated rings. The summed E-state index contributed by atoms with van der Waals surface area (Å²) in [4.78, 5) is 0. The summed E-state index contributed by atoms with van der Waals surface area (Å²) >= 11 is -0.701. The number of hydrogen-bond acceptors (Lipinski definition) is 0. The molecule has 0 saturated heterocycles. The second-order valence-corrected chi connectivity index (χ2v) is 14.6. The van der Waals surface area contributed by atoms with Gasteiger partial charge in [0.15, 0.2) is 0 Å². The van der Waals surface area contributed by atoms with Crippen LogP contribution in [0, 0.1) is 0 Å². The fourth-order valence-corrected chi connectivity index (χ4v) is 10.1. The summed E-state index contributed by atoms with van der Waals surface area (Å²) in [6, 6.07) is 0. The fourth-order valence-electron chi connectivity index (χ4n) is 3.84. The average molecular weight is 448 g/mol. The Labute approximate surface area is 178 Å². The SMILES string of the molecule is CCCCCCC[CH2][Ge+]([CH2]CCCCCCC)[CH2]CCCCCCC.[Cl-]. The molecule has 2 heteroatoms. The Morgan fingerprint density at radius 1 is 0.346 bits per heavy atom. The summed E-state index contributed by atoms with van der Waals surface area (Å²) in [5.74, 6) is 0. The second-order valence-electron chi connectivity index (χ2n) is 8.30. The minimum absolute atomic E-state index is 0. The zero-order chi connectivity index (χ0) is 18.4. The normalized spacial score (nSPS) is 10.7. The molecule has 0 aliphatic rings. The van der Waals surface area contributed by atoms with Crippen LogP contribution in [0.5, 0.6) is 0 Å².